The largest absolute Gasteiger partial charge is 0.409 e. The Morgan fingerprint density at radius 3 is 2.62 bits per heavy atom. The fraction of sp³-hybridized carbons (Fsp3) is 0.500. The third-order valence-electron chi connectivity index (χ3n) is 3.77. The predicted molar refractivity (Wildman–Crippen MR) is 82.2 cm³/mol. The van der Waals surface area contributed by atoms with E-state index in [-0.39, 0.29) is 11.7 Å². The smallest absolute Gasteiger partial charge is 0.237 e. The van der Waals surface area contributed by atoms with Crippen molar-refractivity contribution in [3.63, 3.8) is 0 Å². The number of amides is 1. The van der Waals surface area contributed by atoms with Crippen molar-refractivity contribution in [2.45, 2.75) is 32.1 Å². The minimum atomic E-state index is -0.707. The molecule has 1 atom stereocenters. The van der Waals surface area contributed by atoms with Gasteiger partial charge in [-0.25, -0.2) is 0 Å². The van der Waals surface area contributed by atoms with E-state index in [2.05, 4.69) is 5.16 Å². The number of nitrogens with two attached hydrogens (primary N) is 1. The van der Waals surface area contributed by atoms with Gasteiger partial charge in [0.1, 0.15) is 5.92 Å². The molecule has 1 aliphatic rings. The van der Waals surface area contributed by atoms with Crippen molar-refractivity contribution in [3.8, 4) is 0 Å². The van der Waals surface area contributed by atoms with Gasteiger partial charge in [0.25, 0.3) is 0 Å². The summed E-state index contributed by atoms with van der Waals surface area (Å²) in [5.74, 6) is -0.223. The van der Waals surface area contributed by atoms with Crippen LogP contribution in [0.5, 0.6) is 0 Å². The highest BCUT2D eigenvalue weighted by molar-refractivity contribution is 6.07. The first-order valence-electron chi connectivity index (χ1n) is 7.48. The van der Waals surface area contributed by atoms with E-state index in [9.17, 15) is 4.79 Å². The van der Waals surface area contributed by atoms with Crippen molar-refractivity contribution in [2.75, 3.05) is 13.1 Å². The lowest BCUT2D eigenvalue weighted by Gasteiger charge is -2.27. The van der Waals surface area contributed by atoms with Crippen LogP contribution in [0.3, 0.4) is 0 Å². The molecule has 0 saturated heterocycles. The predicted octanol–water partition coefficient (Wildman–Crippen LogP) is 2.17. The maximum atomic E-state index is 12.9. The highest BCUT2D eigenvalue weighted by atomic mass is 16.4. The normalized spacial score (nSPS) is 16.5. The Hall–Kier alpha value is -2.04. The molecule has 0 heterocycles. The fourth-order valence-corrected chi connectivity index (χ4v) is 2.50. The molecular weight excluding hydrogens is 266 g/mol. The molecule has 0 bridgehead atoms. The zero-order valence-electron chi connectivity index (χ0n) is 12.4. The number of amidine groups is 1. The Morgan fingerprint density at radius 1 is 1.43 bits per heavy atom. The molecular formula is C16H23N3O2. The minimum absolute atomic E-state index is 0.0527. The summed E-state index contributed by atoms with van der Waals surface area (Å²) in [5, 5.41) is 12.1. The molecule has 3 N–H and O–H groups in total. The van der Waals surface area contributed by atoms with Crippen LogP contribution < -0.4 is 5.73 Å². The molecule has 1 saturated carbocycles. The molecule has 0 aromatic heterocycles. The van der Waals surface area contributed by atoms with E-state index in [1.165, 1.54) is 12.8 Å². The summed E-state index contributed by atoms with van der Waals surface area (Å²) in [6, 6.07) is 9.26. The van der Waals surface area contributed by atoms with Crippen LogP contribution in [0.4, 0.5) is 0 Å². The van der Waals surface area contributed by atoms with Crippen LogP contribution in [0.25, 0.3) is 0 Å². The van der Waals surface area contributed by atoms with Gasteiger partial charge in [0.2, 0.25) is 5.91 Å². The van der Waals surface area contributed by atoms with Gasteiger partial charge in [-0.2, -0.15) is 0 Å². The molecule has 114 valence electrons. The Labute approximate surface area is 125 Å². The molecule has 21 heavy (non-hydrogen) atoms. The zero-order valence-corrected chi connectivity index (χ0v) is 12.4. The SMILES string of the molecule is CCCN(CC1CC1)C(=O)C(C(N)=NO)c1ccccc1. The number of hydrogen-bond donors (Lipinski definition) is 2. The number of carbonyl (C=O) groups is 1. The number of rotatable bonds is 7. The van der Waals surface area contributed by atoms with Gasteiger partial charge in [-0.3, -0.25) is 4.79 Å². The maximum Gasteiger partial charge on any atom is 0.237 e. The number of carbonyl (C=O) groups excluding carboxylic acids is 1. The quantitative estimate of drug-likeness (QED) is 0.349. The number of benzene rings is 1. The molecule has 0 aliphatic heterocycles. The third kappa shape index (κ3) is 3.97. The van der Waals surface area contributed by atoms with E-state index in [1.807, 2.05) is 42.2 Å². The molecule has 5 heteroatoms. The van der Waals surface area contributed by atoms with Crippen LogP contribution in [-0.2, 0) is 4.79 Å². The van der Waals surface area contributed by atoms with Gasteiger partial charge in [0.05, 0.1) is 0 Å². The van der Waals surface area contributed by atoms with Crippen LogP contribution in [0.1, 0.15) is 37.7 Å². The molecule has 0 radical (unpaired) electrons. The van der Waals surface area contributed by atoms with Crippen molar-refractivity contribution in [1.29, 1.82) is 0 Å². The third-order valence-corrected chi connectivity index (χ3v) is 3.77. The van der Waals surface area contributed by atoms with E-state index in [0.717, 1.165) is 18.5 Å². The first kappa shape index (κ1) is 15.4. The summed E-state index contributed by atoms with van der Waals surface area (Å²) < 4.78 is 0. The average molecular weight is 289 g/mol. The summed E-state index contributed by atoms with van der Waals surface area (Å²) in [6.07, 6.45) is 3.27. The van der Waals surface area contributed by atoms with Crippen molar-refractivity contribution in [3.05, 3.63) is 35.9 Å². The van der Waals surface area contributed by atoms with Crippen LogP contribution in [0.15, 0.2) is 35.5 Å². The average Bonchev–Trinajstić information content (AvgIpc) is 3.32. The first-order valence-corrected chi connectivity index (χ1v) is 7.48. The zero-order chi connectivity index (χ0) is 15.2. The summed E-state index contributed by atoms with van der Waals surface area (Å²) in [7, 11) is 0. The molecule has 1 aromatic carbocycles. The fourth-order valence-electron chi connectivity index (χ4n) is 2.50. The van der Waals surface area contributed by atoms with Gasteiger partial charge in [0.15, 0.2) is 5.84 Å². The van der Waals surface area contributed by atoms with E-state index in [4.69, 9.17) is 10.9 Å². The molecule has 1 aliphatic carbocycles. The highest BCUT2D eigenvalue weighted by Gasteiger charge is 2.32. The van der Waals surface area contributed by atoms with Crippen molar-refractivity contribution in [1.82, 2.24) is 4.90 Å². The van der Waals surface area contributed by atoms with Crippen molar-refractivity contribution in [2.24, 2.45) is 16.8 Å². The van der Waals surface area contributed by atoms with Gasteiger partial charge >= 0.3 is 0 Å². The van der Waals surface area contributed by atoms with E-state index in [0.29, 0.717) is 12.5 Å². The van der Waals surface area contributed by atoms with E-state index < -0.39 is 5.92 Å². The van der Waals surface area contributed by atoms with E-state index >= 15 is 0 Å². The number of nitrogens with zero attached hydrogens (tertiary/aromatic N) is 2. The molecule has 1 aromatic rings. The van der Waals surface area contributed by atoms with Crippen LogP contribution in [0, 0.1) is 5.92 Å². The molecule has 5 nitrogen and oxygen atoms in total. The van der Waals surface area contributed by atoms with Gasteiger partial charge in [-0.05, 0) is 30.7 Å². The van der Waals surface area contributed by atoms with Gasteiger partial charge in [0, 0.05) is 13.1 Å². The standard InChI is InChI=1S/C16H23N3O2/c1-2-10-19(11-12-8-9-12)16(20)14(15(17)18-21)13-6-4-3-5-7-13/h3-7,12,14,21H,2,8-11H2,1H3,(H2,17,18). The summed E-state index contributed by atoms with van der Waals surface area (Å²) in [6.45, 7) is 3.53. The van der Waals surface area contributed by atoms with Gasteiger partial charge in [-0.15, -0.1) is 0 Å². The van der Waals surface area contributed by atoms with E-state index in [1.54, 1.807) is 0 Å². The maximum absolute atomic E-state index is 12.9. The van der Waals surface area contributed by atoms with Gasteiger partial charge in [-0.1, -0.05) is 42.4 Å². The Balaban J connectivity index is 2.23. The van der Waals surface area contributed by atoms with Crippen LogP contribution in [-0.4, -0.2) is 34.9 Å². The number of hydrogen-bond acceptors (Lipinski definition) is 3. The van der Waals surface area contributed by atoms with Crippen molar-refractivity contribution >= 4 is 11.7 Å². The second-order valence-electron chi connectivity index (χ2n) is 5.60. The second-order valence-corrected chi connectivity index (χ2v) is 5.60. The monoisotopic (exact) mass is 289 g/mol. The lowest BCUT2D eigenvalue weighted by molar-refractivity contribution is -0.131. The van der Waals surface area contributed by atoms with Crippen molar-refractivity contribution < 1.29 is 10.0 Å². The molecule has 1 amide bonds. The van der Waals surface area contributed by atoms with Gasteiger partial charge < -0.3 is 15.8 Å². The minimum Gasteiger partial charge on any atom is -0.409 e. The molecule has 1 unspecified atom stereocenters. The summed E-state index contributed by atoms with van der Waals surface area (Å²) in [4.78, 5) is 14.7. The summed E-state index contributed by atoms with van der Waals surface area (Å²) >= 11 is 0. The second kappa shape index (κ2) is 7.11. The molecule has 2 rings (SSSR count). The number of oxime groups is 1. The lowest BCUT2D eigenvalue weighted by atomic mass is 9.96. The Kier molecular flexibility index (Phi) is 5.20. The first-order chi connectivity index (χ1) is 10.2. The topological polar surface area (TPSA) is 78.9 Å². The summed E-state index contributed by atoms with van der Waals surface area (Å²) in [5.41, 5.74) is 6.54. The molecule has 0 spiro atoms. The van der Waals surface area contributed by atoms with Crippen LogP contribution >= 0.6 is 0 Å². The Bertz CT molecular complexity index is 498. The molecule has 1 fully saturated rings. The lowest BCUT2D eigenvalue weighted by Crippen LogP contribution is -2.42. The van der Waals surface area contributed by atoms with Crippen LogP contribution in [0.2, 0.25) is 0 Å². The Morgan fingerprint density at radius 2 is 2.10 bits per heavy atom. The highest BCUT2D eigenvalue weighted by Crippen LogP contribution is 2.31.